The summed E-state index contributed by atoms with van der Waals surface area (Å²) >= 11 is 6.16. The number of aliphatic hydroxyl groups is 4. The molecule has 3 aromatic rings. The molecule has 7 atom stereocenters. The normalized spacial score (nSPS) is 28.0. The largest absolute Gasteiger partial charge is 0.394 e. The minimum Gasteiger partial charge on any atom is -0.394 e. The number of carbonyl (C=O) groups excluding carboxylic acids is 1. The lowest BCUT2D eigenvalue weighted by Crippen LogP contribution is -2.62. The lowest BCUT2D eigenvalue weighted by Gasteiger charge is -2.45. The summed E-state index contributed by atoms with van der Waals surface area (Å²) < 4.78 is 47.8. The molecule has 0 spiro atoms. The highest BCUT2D eigenvalue weighted by molar-refractivity contribution is 6.30. The maximum atomic E-state index is 14.1. The number of amides is 1. The van der Waals surface area contributed by atoms with Crippen molar-refractivity contribution in [3.05, 3.63) is 70.6 Å². The van der Waals surface area contributed by atoms with Crippen molar-refractivity contribution in [1.82, 2.24) is 19.9 Å². The van der Waals surface area contributed by atoms with E-state index in [0.717, 1.165) is 29.7 Å². The number of halogens is 4. The molecule has 1 saturated carbocycles. The van der Waals surface area contributed by atoms with Gasteiger partial charge in [-0.25, -0.2) is 17.9 Å². The summed E-state index contributed by atoms with van der Waals surface area (Å²) in [6.45, 7) is -0.676. The number of hydrogen-bond acceptors (Lipinski definition) is 8. The molecule has 5 rings (SSSR count). The van der Waals surface area contributed by atoms with Crippen molar-refractivity contribution in [2.24, 2.45) is 0 Å². The van der Waals surface area contributed by atoms with Crippen LogP contribution in [0.5, 0.6) is 0 Å². The molecule has 2 aliphatic rings. The van der Waals surface area contributed by atoms with Gasteiger partial charge in [0.15, 0.2) is 23.6 Å². The first-order valence-corrected chi connectivity index (χ1v) is 13.9. The Hall–Kier alpha value is -3.07. The van der Waals surface area contributed by atoms with Gasteiger partial charge >= 0.3 is 0 Å². The van der Waals surface area contributed by atoms with E-state index in [1.165, 1.54) is 11.1 Å². The molecule has 0 bridgehead atoms. The number of nitrogens with zero attached hydrogens (tertiary/aromatic N) is 4. The predicted octanol–water partition coefficient (Wildman–Crippen LogP) is 2.37. The highest BCUT2D eigenvalue weighted by Gasteiger charge is 2.50. The van der Waals surface area contributed by atoms with Crippen molar-refractivity contribution >= 4 is 17.5 Å². The molecular weight excluding hydrogens is 581 g/mol. The molecule has 1 aliphatic heterocycles. The van der Waals surface area contributed by atoms with E-state index >= 15 is 0 Å². The summed E-state index contributed by atoms with van der Waals surface area (Å²) in [5, 5.41) is 51.3. The van der Waals surface area contributed by atoms with Gasteiger partial charge in [-0.2, -0.15) is 0 Å². The number of aliphatic hydroxyl groups excluding tert-OH is 4. The van der Waals surface area contributed by atoms with E-state index in [1.807, 2.05) is 0 Å². The number of benzene rings is 2. The topological polar surface area (TPSA) is 141 Å². The summed E-state index contributed by atoms with van der Waals surface area (Å²) in [7, 11) is 0. The van der Waals surface area contributed by atoms with E-state index < -0.39 is 72.6 Å². The van der Waals surface area contributed by atoms with Crippen LogP contribution in [0.3, 0.4) is 0 Å². The maximum absolute atomic E-state index is 14.1. The summed E-state index contributed by atoms with van der Waals surface area (Å²) in [5.41, 5.74) is 0.419. The van der Waals surface area contributed by atoms with Crippen LogP contribution in [0.25, 0.3) is 11.3 Å². The zero-order chi connectivity index (χ0) is 30.1. The van der Waals surface area contributed by atoms with Gasteiger partial charge in [0.2, 0.25) is 0 Å². The lowest BCUT2D eigenvalue weighted by molar-refractivity contribution is -0.214. The Labute approximate surface area is 243 Å². The molecule has 1 saturated heterocycles. The number of ether oxygens (including phenoxy) is 1. The van der Waals surface area contributed by atoms with Crippen LogP contribution in [0.15, 0.2) is 42.6 Å². The summed E-state index contributed by atoms with van der Waals surface area (Å²) in [4.78, 5) is 15.5. The molecule has 2 fully saturated rings. The fourth-order valence-electron chi connectivity index (χ4n) is 5.69. The fraction of sp³-hybridized carbons (Fsp3) is 0.464. The van der Waals surface area contributed by atoms with Gasteiger partial charge in [0.05, 0.1) is 24.9 Å². The summed E-state index contributed by atoms with van der Waals surface area (Å²) in [6, 6.07) is 6.30. The van der Waals surface area contributed by atoms with Crippen molar-refractivity contribution < 1.29 is 43.1 Å². The van der Waals surface area contributed by atoms with E-state index in [4.69, 9.17) is 16.3 Å². The minimum absolute atomic E-state index is 0.0415. The molecule has 1 aromatic heterocycles. The molecule has 1 amide bonds. The van der Waals surface area contributed by atoms with Crippen molar-refractivity contribution in [2.45, 2.75) is 74.8 Å². The van der Waals surface area contributed by atoms with Gasteiger partial charge in [-0.05, 0) is 42.7 Å². The number of hydrogen-bond donors (Lipinski definition) is 4. The minimum atomic E-state index is -1.73. The Morgan fingerprint density at radius 1 is 1.07 bits per heavy atom. The highest BCUT2D eigenvalue weighted by atomic mass is 35.5. The Morgan fingerprint density at radius 2 is 1.79 bits per heavy atom. The first-order valence-electron chi connectivity index (χ1n) is 13.5. The molecule has 14 heteroatoms. The van der Waals surface area contributed by atoms with Crippen LogP contribution in [0.4, 0.5) is 13.2 Å². The van der Waals surface area contributed by atoms with E-state index in [9.17, 15) is 38.4 Å². The molecule has 42 heavy (non-hydrogen) atoms. The average Bonchev–Trinajstić information content (AvgIpc) is 3.45. The number of aromatic nitrogens is 3. The smallest absolute Gasteiger partial charge is 0.255 e. The van der Waals surface area contributed by atoms with Crippen LogP contribution in [0.2, 0.25) is 5.02 Å². The van der Waals surface area contributed by atoms with Gasteiger partial charge in [0.25, 0.3) is 5.91 Å². The maximum Gasteiger partial charge on any atom is 0.255 e. The Morgan fingerprint density at radius 3 is 2.45 bits per heavy atom. The monoisotopic (exact) mass is 610 g/mol. The third kappa shape index (κ3) is 6.03. The quantitative estimate of drug-likeness (QED) is 0.299. The summed E-state index contributed by atoms with van der Waals surface area (Å²) in [5.74, 6) is -5.23. The Bertz CT molecular complexity index is 1410. The van der Waals surface area contributed by atoms with Crippen molar-refractivity contribution in [2.75, 3.05) is 6.61 Å². The standard InChI is InChI=1S/C28H30ClF3N4O6/c29-16-5-3-4-14(8-16)11-35(20-6-1-2-7-21(20)38)28(41)27-26(40)24(25(39)22(13-37)42-27)36-12-19(33-34-36)15-9-17(30)23(32)18(31)10-15/h3-5,8-10,12,20-22,24-27,37-40H,1-2,6-7,11,13H2/t20-,21-,22+,24-,25-,26+,27+/m0/s1. The SMILES string of the molecule is O=C([C@@H]1O[C@H](CO)[C@H](O)[C@H](n2cc(-c3cc(F)c(F)c(F)c3)nn2)[C@H]1O)N(Cc1cccc(Cl)c1)[C@H]1CCCC[C@@H]1O. The predicted molar refractivity (Wildman–Crippen MR) is 142 cm³/mol. The third-order valence-corrected chi connectivity index (χ3v) is 8.09. The van der Waals surface area contributed by atoms with E-state index in [-0.39, 0.29) is 17.8 Å². The molecular formula is C28H30ClF3N4O6. The Kier molecular flexibility index (Phi) is 9.16. The highest BCUT2D eigenvalue weighted by Crippen LogP contribution is 2.34. The average molecular weight is 611 g/mol. The molecule has 2 aromatic carbocycles. The lowest BCUT2D eigenvalue weighted by atomic mass is 9.88. The van der Waals surface area contributed by atoms with E-state index in [1.54, 1.807) is 24.3 Å². The zero-order valence-electron chi connectivity index (χ0n) is 22.2. The van der Waals surface area contributed by atoms with Gasteiger partial charge in [-0.3, -0.25) is 4.79 Å². The number of carbonyl (C=O) groups is 1. The van der Waals surface area contributed by atoms with Crippen molar-refractivity contribution in [3.63, 3.8) is 0 Å². The van der Waals surface area contributed by atoms with Gasteiger partial charge in [0, 0.05) is 17.1 Å². The second-order valence-electron chi connectivity index (χ2n) is 10.6. The molecule has 0 radical (unpaired) electrons. The third-order valence-electron chi connectivity index (χ3n) is 7.85. The van der Waals surface area contributed by atoms with Crippen LogP contribution in [-0.2, 0) is 16.1 Å². The van der Waals surface area contributed by atoms with Crippen LogP contribution in [0.1, 0.15) is 37.3 Å². The van der Waals surface area contributed by atoms with E-state index in [0.29, 0.717) is 23.4 Å². The Balaban J connectivity index is 1.47. The molecule has 4 N–H and O–H groups in total. The van der Waals surface area contributed by atoms with Gasteiger partial charge in [-0.1, -0.05) is 41.8 Å². The molecule has 2 heterocycles. The number of rotatable bonds is 7. The second kappa shape index (κ2) is 12.7. The van der Waals surface area contributed by atoms with Crippen LogP contribution in [0, 0.1) is 17.5 Å². The first kappa shape index (κ1) is 30.4. The molecule has 10 nitrogen and oxygen atoms in total. The van der Waals surface area contributed by atoms with Gasteiger partial charge in [-0.15, -0.1) is 5.10 Å². The van der Waals surface area contributed by atoms with Crippen LogP contribution in [-0.4, -0.2) is 89.4 Å². The van der Waals surface area contributed by atoms with Crippen LogP contribution < -0.4 is 0 Å². The van der Waals surface area contributed by atoms with E-state index in [2.05, 4.69) is 10.3 Å². The van der Waals surface area contributed by atoms with Crippen molar-refractivity contribution in [3.8, 4) is 11.3 Å². The molecule has 226 valence electrons. The first-order chi connectivity index (χ1) is 20.1. The van der Waals surface area contributed by atoms with Gasteiger partial charge in [0.1, 0.15) is 30.0 Å². The van der Waals surface area contributed by atoms with Gasteiger partial charge < -0.3 is 30.1 Å². The molecule has 0 unspecified atom stereocenters. The second-order valence-corrected chi connectivity index (χ2v) is 11.0. The summed E-state index contributed by atoms with van der Waals surface area (Å²) in [6.07, 6.45) is -3.36. The molecule has 1 aliphatic carbocycles. The zero-order valence-corrected chi connectivity index (χ0v) is 23.0. The van der Waals surface area contributed by atoms with Crippen LogP contribution >= 0.6 is 11.6 Å². The fourth-order valence-corrected chi connectivity index (χ4v) is 5.90. The van der Waals surface area contributed by atoms with Crippen molar-refractivity contribution in [1.29, 1.82) is 0 Å².